The molecule has 0 radical (unpaired) electrons. The van der Waals surface area contributed by atoms with Crippen molar-refractivity contribution in [3.05, 3.63) is 0 Å². The number of rotatable bonds is 64. The van der Waals surface area contributed by atoms with Crippen LogP contribution in [0.25, 0.3) is 0 Å². The lowest BCUT2D eigenvalue weighted by atomic mass is 9.99. The Hall–Kier alpha value is -1.94. The Morgan fingerprint density at radius 1 is 0.341 bits per heavy atom. The lowest BCUT2D eigenvalue weighted by Crippen LogP contribution is -2.30. The molecule has 0 amide bonds. The van der Waals surface area contributed by atoms with E-state index in [4.69, 9.17) is 37.0 Å². The standard InChI is InChI=1S/C66H128O17P2/c1-8-10-11-30-40-47-63(68)76-53-61(82-66(71)50-43-36-29-23-25-32-38-45-58(5)6)55-80-84(72,73)78-51-60(67)52-79-85(74,75)81-56-62(54-77-64(69)48-41-34-27-22-21-26-33-39-46-59(7)9-2)83-65(70)49-42-35-28-20-18-16-14-12-13-15-17-19-24-31-37-44-57(3)4/h57-62,67H,8-56H2,1-7H3,(H,72,73)(H,74,75)/t59?,60-,61+,62+/m0/s1. The Labute approximate surface area is 517 Å². The second-order valence-electron chi connectivity index (χ2n) is 25.1. The molecular weight excluding hydrogens is 1130 g/mol. The van der Waals surface area contributed by atoms with Gasteiger partial charge >= 0.3 is 39.5 Å². The maximum atomic E-state index is 13.0. The van der Waals surface area contributed by atoms with Crippen LogP contribution in [-0.2, 0) is 65.4 Å². The van der Waals surface area contributed by atoms with Gasteiger partial charge in [-0.25, -0.2) is 9.13 Å². The summed E-state index contributed by atoms with van der Waals surface area (Å²) >= 11 is 0. The minimum Gasteiger partial charge on any atom is -0.462 e. The summed E-state index contributed by atoms with van der Waals surface area (Å²) in [5.74, 6) is 0.131. The fourth-order valence-electron chi connectivity index (χ4n) is 9.80. The number of aliphatic hydroxyl groups is 1. The second-order valence-corrected chi connectivity index (χ2v) is 28.0. The average molecular weight is 1260 g/mol. The van der Waals surface area contributed by atoms with E-state index in [1.165, 1.54) is 128 Å². The van der Waals surface area contributed by atoms with Crippen LogP contribution in [0.5, 0.6) is 0 Å². The molecule has 6 atom stereocenters. The molecule has 0 aromatic heterocycles. The molecule has 0 aliphatic carbocycles. The maximum Gasteiger partial charge on any atom is 0.472 e. The summed E-state index contributed by atoms with van der Waals surface area (Å²) in [6.45, 7) is 11.7. The van der Waals surface area contributed by atoms with Gasteiger partial charge in [-0.3, -0.25) is 37.3 Å². The molecule has 0 aromatic carbocycles. The number of esters is 4. The molecule has 504 valence electrons. The normalized spacial score (nSPS) is 14.6. The van der Waals surface area contributed by atoms with E-state index in [-0.39, 0.29) is 25.7 Å². The van der Waals surface area contributed by atoms with Crippen molar-refractivity contribution >= 4 is 39.5 Å². The summed E-state index contributed by atoms with van der Waals surface area (Å²) in [5.41, 5.74) is 0. The van der Waals surface area contributed by atoms with Crippen molar-refractivity contribution < 1.29 is 80.2 Å². The molecule has 0 saturated carbocycles. The minimum atomic E-state index is -4.95. The van der Waals surface area contributed by atoms with Gasteiger partial charge in [-0.2, -0.15) is 0 Å². The number of phosphoric ester groups is 2. The molecule has 0 fully saturated rings. The Bertz CT molecular complexity index is 1680. The van der Waals surface area contributed by atoms with Gasteiger partial charge < -0.3 is 33.8 Å². The molecule has 0 saturated heterocycles. The molecular formula is C66H128O17P2. The van der Waals surface area contributed by atoms with E-state index in [0.29, 0.717) is 31.6 Å². The first-order valence-corrected chi connectivity index (χ1v) is 37.4. The van der Waals surface area contributed by atoms with Gasteiger partial charge in [-0.05, 0) is 43.4 Å². The van der Waals surface area contributed by atoms with E-state index in [2.05, 4.69) is 48.5 Å². The van der Waals surface area contributed by atoms with Gasteiger partial charge in [0.2, 0.25) is 0 Å². The van der Waals surface area contributed by atoms with Crippen molar-refractivity contribution in [3.63, 3.8) is 0 Å². The zero-order valence-corrected chi connectivity index (χ0v) is 56.9. The van der Waals surface area contributed by atoms with Crippen LogP contribution in [0.3, 0.4) is 0 Å². The van der Waals surface area contributed by atoms with Crippen LogP contribution >= 0.6 is 15.6 Å². The summed E-state index contributed by atoms with van der Waals surface area (Å²) in [7, 11) is -9.88. The Morgan fingerprint density at radius 2 is 0.600 bits per heavy atom. The van der Waals surface area contributed by atoms with Gasteiger partial charge in [0, 0.05) is 25.7 Å². The molecule has 0 aromatic rings. The van der Waals surface area contributed by atoms with Crippen LogP contribution in [-0.4, -0.2) is 96.7 Å². The van der Waals surface area contributed by atoms with Gasteiger partial charge in [0.1, 0.15) is 19.3 Å². The number of ether oxygens (including phenoxy) is 4. The largest absolute Gasteiger partial charge is 0.472 e. The summed E-state index contributed by atoms with van der Waals surface area (Å²) < 4.78 is 67.9. The maximum absolute atomic E-state index is 13.0. The number of carbonyl (C=O) groups is 4. The third-order valence-corrected chi connectivity index (χ3v) is 17.4. The van der Waals surface area contributed by atoms with Crippen LogP contribution in [0.15, 0.2) is 0 Å². The van der Waals surface area contributed by atoms with E-state index < -0.39 is 97.5 Å². The van der Waals surface area contributed by atoms with Gasteiger partial charge in [0.05, 0.1) is 26.4 Å². The van der Waals surface area contributed by atoms with Crippen molar-refractivity contribution in [2.24, 2.45) is 17.8 Å². The van der Waals surface area contributed by atoms with Crippen LogP contribution in [0.1, 0.15) is 325 Å². The molecule has 0 aliphatic heterocycles. The molecule has 3 unspecified atom stereocenters. The third-order valence-electron chi connectivity index (χ3n) is 15.5. The number of carbonyl (C=O) groups excluding carboxylic acids is 4. The van der Waals surface area contributed by atoms with E-state index in [0.717, 1.165) is 108 Å². The molecule has 17 nitrogen and oxygen atoms in total. The number of aliphatic hydroxyl groups excluding tert-OH is 1. The molecule has 85 heavy (non-hydrogen) atoms. The van der Waals surface area contributed by atoms with Gasteiger partial charge in [0.15, 0.2) is 12.2 Å². The van der Waals surface area contributed by atoms with Crippen molar-refractivity contribution in [1.29, 1.82) is 0 Å². The van der Waals surface area contributed by atoms with Crippen LogP contribution in [0.4, 0.5) is 0 Å². The monoisotopic (exact) mass is 1250 g/mol. The Kier molecular flexibility index (Phi) is 55.9. The highest BCUT2D eigenvalue weighted by Gasteiger charge is 2.30. The lowest BCUT2D eigenvalue weighted by Gasteiger charge is -2.21. The molecule has 3 N–H and O–H groups in total. The van der Waals surface area contributed by atoms with E-state index in [9.17, 15) is 43.2 Å². The minimum absolute atomic E-state index is 0.102. The predicted octanol–water partition coefficient (Wildman–Crippen LogP) is 18.3. The molecule has 0 bridgehead atoms. The highest BCUT2D eigenvalue weighted by Crippen LogP contribution is 2.45. The number of hydrogen-bond acceptors (Lipinski definition) is 15. The third kappa shape index (κ3) is 59.5. The summed E-state index contributed by atoms with van der Waals surface area (Å²) in [6.07, 6.45) is 39.4. The molecule has 19 heteroatoms. The van der Waals surface area contributed by atoms with Crippen molar-refractivity contribution in [2.75, 3.05) is 39.6 Å². The molecule has 0 rings (SSSR count). The first kappa shape index (κ1) is 83.1. The fourth-order valence-corrected chi connectivity index (χ4v) is 11.4. The zero-order chi connectivity index (χ0) is 63.1. The van der Waals surface area contributed by atoms with E-state index in [1.54, 1.807) is 0 Å². The lowest BCUT2D eigenvalue weighted by molar-refractivity contribution is -0.161. The highest BCUT2D eigenvalue weighted by atomic mass is 31.2. The predicted molar refractivity (Wildman–Crippen MR) is 340 cm³/mol. The quantitative estimate of drug-likeness (QED) is 0.0222. The van der Waals surface area contributed by atoms with E-state index in [1.807, 2.05) is 0 Å². The molecule has 0 aliphatic rings. The summed E-state index contributed by atoms with van der Waals surface area (Å²) in [6, 6.07) is 0. The van der Waals surface area contributed by atoms with Crippen molar-refractivity contribution in [1.82, 2.24) is 0 Å². The van der Waals surface area contributed by atoms with Crippen molar-refractivity contribution in [3.8, 4) is 0 Å². The van der Waals surface area contributed by atoms with E-state index >= 15 is 0 Å². The first-order valence-electron chi connectivity index (χ1n) is 34.4. The van der Waals surface area contributed by atoms with Crippen molar-refractivity contribution in [2.45, 2.75) is 343 Å². The number of hydrogen-bond donors (Lipinski definition) is 3. The topological polar surface area (TPSA) is 237 Å². The Balaban J connectivity index is 5.16. The summed E-state index contributed by atoms with van der Waals surface area (Å²) in [4.78, 5) is 72.0. The summed E-state index contributed by atoms with van der Waals surface area (Å²) in [5, 5.41) is 10.5. The second kappa shape index (κ2) is 57.2. The smallest absolute Gasteiger partial charge is 0.462 e. The van der Waals surface area contributed by atoms with Gasteiger partial charge in [0.25, 0.3) is 0 Å². The van der Waals surface area contributed by atoms with Gasteiger partial charge in [-0.1, -0.05) is 273 Å². The number of unbranched alkanes of at least 4 members (excludes halogenated alkanes) is 31. The number of phosphoric acid groups is 2. The average Bonchev–Trinajstić information content (AvgIpc) is 3.54. The molecule has 0 spiro atoms. The molecule has 0 heterocycles. The SMILES string of the molecule is CCCCCCCC(=O)OC[C@H](COP(=O)(O)OC[C@H](O)COP(=O)(O)OC[C@@H](COC(=O)CCCCCCCCCCC(C)CC)OC(=O)CCCCCCCCCCCCCCCCCC(C)C)OC(=O)CCCCCCCCCC(C)C. The zero-order valence-electron chi connectivity index (χ0n) is 55.1. The first-order chi connectivity index (χ1) is 40.8. The van der Waals surface area contributed by atoms with Crippen LogP contribution in [0, 0.1) is 17.8 Å². The highest BCUT2D eigenvalue weighted by molar-refractivity contribution is 7.47. The Morgan fingerprint density at radius 3 is 0.894 bits per heavy atom. The van der Waals surface area contributed by atoms with Crippen LogP contribution < -0.4 is 0 Å². The fraction of sp³-hybridized carbons (Fsp3) is 0.939. The van der Waals surface area contributed by atoms with Crippen LogP contribution in [0.2, 0.25) is 0 Å². The van der Waals surface area contributed by atoms with Gasteiger partial charge in [-0.15, -0.1) is 0 Å².